The molecule has 0 saturated carbocycles. The molecule has 0 radical (unpaired) electrons. The Kier molecular flexibility index (Phi) is 5.26. The predicted octanol–water partition coefficient (Wildman–Crippen LogP) is 2.78. The van der Waals surface area contributed by atoms with Crippen molar-refractivity contribution >= 4 is 0 Å². The molecular formula is C16H20O3. The van der Waals surface area contributed by atoms with Crippen molar-refractivity contribution in [3.8, 4) is 18.1 Å². The molecule has 1 fully saturated rings. The van der Waals surface area contributed by atoms with E-state index in [1.165, 1.54) is 0 Å². The second-order valence-electron chi connectivity index (χ2n) is 4.66. The topological polar surface area (TPSA) is 27.7 Å². The monoisotopic (exact) mass is 260 g/mol. The van der Waals surface area contributed by atoms with Gasteiger partial charge in [-0.05, 0) is 30.5 Å². The fourth-order valence-corrected chi connectivity index (χ4v) is 2.23. The third-order valence-electron chi connectivity index (χ3n) is 3.32. The summed E-state index contributed by atoms with van der Waals surface area (Å²) in [5, 5.41) is 0. The highest BCUT2D eigenvalue weighted by molar-refractivity contribution is 5.26. The molecule has 2 atom stereocenters. The molecule has 19 heavy (non-hydrogen) atoms. The number of benzene rings is 1. The van der Waals surface area contributed by atoms with Gasteiger partial charge in [0.15, 0.2) is 0 Å². The van der Waals surface area contributed by atoms with E-state index in [4.69, 9.17) is 20.6 Å². The number of hydrogen-bond donors (Lipinski definition) is 0. The van der Waals surface area contributed by atoms with Gasteiger partial charge in [-0.15, -0.1) is 12.3 Å². The first-order chi connectivity index (χ1) is 9.33. The lowest BCUT2D eigenvalue weighted by Gasteiger charge is -2.30. The Morgan fingerprint density at radius 1 is 1.37 bits per heavy atom. The van der Waals surface area contributed by atoms with Crippen LogP contribution in [0.25, 0.3) is 0 Å². The zero-order valence-corrected chi connectivity index (χ0v) is 11.3. The van der Waals surface area contributed by atoms with Crippen LogP contribution in [-0.4, -0.2) is 25.9 Å². The summed E-state index contributed by atoms with van der Waals surface area (Å²) in [5.74, 6) is 3.52. The maximum Gasteiger partial charge on any atom is 0.118 e. The Hall–Kier alpha value is -1.50. The van der Waals surface area contributed by atoms with Crippen molar-refractivity contribution in [2.24, 2.45) is 0 Å². The van der Waals surface area contributed by atoms with Gasteiger partial charge in [0.05, 0.1) is 25.9 Å². The van der Waals surface area contributed by atoms with E-state index in [-0.39, 0.29) is 12.2 Å². The van der Waals surface area contributed by atoms with E-state index in [2.05, 4.69) is 5.92 Å². The van der Waals surface area contributed by atoms with Gasteiger partial charge in [-0.1, -0.05) is 12.1 Å². The van der Waals surface area contributed by atoms with Gasteiger partial charge in [-0.2, -0.15) is 0 Å². The standard InChI is InChI=1S/C16H20O3/c1-3-5-15-16(6-4-11-18-15)19-12-13-7-9-14(17-2)10-8-13/h1,7-10,15-16H,4-6,11-12H2,2H3/t15-,16+/m1/s1. The van der Waals surface area contributed by atoms with Crippen LogP contribution in [0.4, 0.5) is 0 Å². The van der Waals surface area contributed by atoms with Crippen molar-refractivity contribution in [3.05, 3.63) is 29.8 Å². The van der Waals surface area contributed by atoms with E-state index in [1.807, 2.05) is 24.3 Å². The minimum Gasteiger partial charge on any atom is -0.497 e. The van der Waals surface area contributed by atoms with Gasteiger partial charge < -0.3 is 14.2 Å². The first kappa shape index (κ1) is 13.9. The highest BCUT2D eigenvalue weighted by atomic mass is 16.5. The first-order valence-electron chi connectivity index (χ1n) is 6.63. The lowest BCUT2D eigenvalue weighted by Crippen LogP contribution is -2.35. The van der Waals surface area contributed by atoms with Gasteiger partial charge >= 0.3 is 0 Å². The molecule has 3 heteroatoms. The van der Waals surface area contributed by atoms with Crippen molar-refractivity contribution in [1.82, 2.24) is 0 Å². The molecule has 0 amide bonds. The van der Waals surface area contributed by atoms with Crippen LogP contribution in [0.15, 0.2) is 24.3 Å². The van der Waals surface area contributed by atoms with E-state index in [0.29, 0.717) is 13.0 Å². The van der Waals surface area contributed by atoms with Crippen LogP contribution >= 0.6 is 0 Å². The third kappa shape index (κ3) is 3.99. The molecule has 0 unspecified atom stereocenters. The van der Waals surface area contributed by atoms with Crippen LogP contribution in [0, 0.1) is 12.3 Å². The number of methoxy groups -OCH3 is 1. The maximum absolute atomic E-state index is 5.95. The molecule has 1 aliphatic rings. The third-order valence-corrected chi connectivity index (χ3v) is 3.32. The van der Waals surface area contributed by atoms with Crippen molar-refractivity contribution in [3.63, 3.8) is 0 Å². The maximum atomic E-state index is 5.95. The molecule has 0 aliphatic carbocycles. The van der Waals surface area contributed by atoms with E-state index in [0.717, 1.165) is 30.8 Å². The van der Waals surface area contributed by atoms with Crippen LogP contribution < -0.4 is 4.74 Å². The Balaban J connectivity index is 1.87. The second kappa shape index (κ2) is 7.18. The Bertz CT molecular complexity index is 419. The molecule has 1 heterocycles. The molecule has 1 aliphatic heterocycles. The van der Waals surface area contributed by atoms with Crippen LogP contribution in [0.3, 0.4) is 0 Å². The zero-order valence-electron chi connectivity index (χ0n) is 11.3. The Labute approximate surface area is 114 Å². The Morgan fingerprint density at radius 3 is 2.84 bits per heavy atom. The quantitative estimate of drug-likeness (QED) is 0.762. The van der Waals surface area contributed by atoms with Crippen LogP contribution in [0.1, 0.15) is 24.8 Å². The summed E-state index contributed by atoms with van der Waals surface area (Å²) in [6.45, 7) is 1.37. The summed E-state index contributed by atoms with van der Waals surface area (Å²) in [6.07, 6.45) is 8.17. The van der Waals surface area contributed by atoms with Crippen LogP contribution in [0.2, 0.25) is 0 Å². The lowest BCUT2D eigenvalue weighted by atomic mass is 10.0. The van der Waals surface area contributed by atoms with Crippen molar-refractivity contribution in [1.29, 1.82) is 0 Å². The van der Waals surface area contributed by atoms with Gasteiger partial charge in [0.25, 0.3) is 0 Å². The van der Waals surface area contributed by atoms with Gasteiger partial charge in [0.2, 0.25) is 0 Å². The summed E-state index contributed by atoms with van der Waals surface area (Å²) in [4.78, 5) is 0. The average Bonchev–Trinajstić information content (AvgIpc) is 2.47. The van der Waals surface area contributed by atoms with Crippen molar-refractivity contribution in [2.45, 2.75) is 38.1 Å². The minimum atomic E-state index is 0.0389. The average molecular weight is 260 g/mol. The Morgan fingerprint density at radius 2 is 2.16 bits per heavy atom. The molecule has 1 aromatic rings. The SMILES string of the molecule is C#CC[C@H]1OCCC[C@@H]1OCc1ccc(OC)cc1. The molecule has 1 saturated heterocycles. The smallest absolute Gasteiger partial charge is 0.118 e. The second-order valence-corrected chi connectivity index (χ2v) is 4.66. The number of terminal acetylenes is 1. The van der Waals surface area contributed by atoms with Gasteiger partial charge in [0, 0.05) is 13.0 Å². The van der Waals surface area contributed by atoms with E-state index in [9.17, 15) is 0 Å². The molecule has 0 aromatic heterocycles. The van der Waals surface area contributed by atoms with Gasteiger partial charge in [-0.25, -0.2) is 0 Å². The highest BCUT2D eigenvalue weighted by Gasteiger charge is 2.25. The highest BCUT2D eigenvalue weighted by Crippen LogP contribution is 2.21. The molecular weight excluding hydrogens is 240 g/mol. The summed E-state index contributed by atoms with van der Waals surface area (Å²) in [6, 6.07) is 7.90. The number of rotatable bonds is 5. The predicted molar refractivity (Wildman–Crippen MR) is 74.0 cm³/mol. The molecule has 0 N–H and O–H groups in total. The first-order valence-corrected chi connectivity index (χ1v) is 6.63. The summed E-state index contributed by atoms with van der Waals surface area (Å²) in [5.41, 5.74) is 1.13. The summed E-state index contributed by atoms with van der Waals surface area (Å²) in [7, 11) is 1.66. The van der Waals surface area contributed by atoms with Crippen LogP contribution in [0.5, 0.6) is 5.75 Å². The molecule has 3 nitrogen and oxygen atoms in total. The fourth-order valence-electron chi connectivity index (χ4n) is 2.23. The van der Waals surface area contributed by atoms with Crippen molar-refractivity contribution in [2.75, 3.05) is 13.7 Å². The van der Waals surface area contributed by atoms with Crippen molar-refractivity contribution < 1.29 is 14.2 Å². The number of ether oxygens (including phenoxy) is 3. The minimum absolute atomic E-state index is 0.0389. The number of hydrogen-bond acceptors (Lipinski definition) is 3. The van der Waals surface area contributed by atoms with Crippen LogP contribution in [-0.2, 0) is 16.1 Å². The molecule has 0 spiro atoms. The molecule has 2 rings (SSSR count). The summed E-state index contributed by atoms with van der Waals surface area (Å²) >= 11 is 0. The fraction of sp³-hybridized carbons (Fsp3) is 0.500. The zero-order chi connectivity index (χ0) is 13.5. The largest absolute Gasteiger partial charge is 0.497 e. The van der Waals surface area contributed by atoms with Gasteiger partial charge in [-0.3, -0.25) is 0 Å². The molecule has 102 valence electrons. The normalized spacial score (nSPS) is 22.7. The molecule has 0 bridgehead atoms. The van der Waals surface area contributed by atoms with E-state index in [1.54, 1.807) is 7.11 Å². The lowest BCUT2D eigenvalue weighted by molar-refractivity contribution is -0.108. The summed E-state index contributed by atoms with van der Waals surface area (Å²) < 4.78 is 16.7. The van der Waals surface area contributed by atoms with E-state index < -0.39 is 0 Å². The van der Waals surface area contributed by atoms with E-state index >= 15 is 0 Å². The molecule has 1 aromatic carbocycles. The van der Waals surface area contributed by atoms with Gasteiger partial charge in [0.1, 0.15) is 5.75 Å².